The summed E-state index contributed by atoms with van der Waals surface area (Å²) in [5.74, 6) is 0. The Morgan fingerprint density at radius 3 is 2.17 bits per heavy atom. The van der Waals surface area contributed by atoms with Gasteiger partial charge < -0.3 is 5.11 Å². The van der Waals surface area contributed by atoms with Crippen LogP contribution in [0.3, 0.4) is 0 Å². The van der Waals surface area contributed by atoms with Crippen LogP contribution in [0.5, 0.6) is 0 Å². The Morgan fingerprint density at radius 2 is 1.57 bits per heavy atom. The van der Waals surface area contributed by atoms with E-state index in [1.54, 1.807) is 0 Å². The SMILES string of the molecule is CCCc1ccc(C2(O)CCN(Cc3ccccc3)CC2)cc1. The molecule has 0 saturated carbocycles. The number of likely N-dealkylation sites (tertiary alicyclic amines) is 1. The lowest BCUT2D eigenvalue weighted by Gasteiger charge is -2.38. The summed E-state index contributed by atoms with van der Waals surface area (Å²) >= 11 is 0. The quantitative estimate of drug-likeness (QED) is 0.898. The summed E-state index contributed by atoms with van der Waals surface area (Å²) in [6.07, 6.45) is 3.90. The van der Waals surface area contributed by atoms with E-state index in [0.29, 0.717) is 0 Å². The topological polar surface area (TPSA) is 23.5 Å². The van der Waals surface area contributed by atoms with Crippen LogP contribution in [0.25, 0.3) is 0 Å². The highest BCUT2D eigenvalue weighted by Crippen LogP contribution is 2.33. The van der Waals surface area contributed by atoms with Gasteiger partial charge in [-0.05, 0) is 36.0 Å². The summed E-state index contributed by atoms with van der Waals surface area (Å²) in [7, 11) is 0. The first kappa shape index (κ1) is 16.2. The van der Waals surface area contributed by atoms with Gasteiger partial charge in [0.15, 0.2) is 0 Å². The maximum absolute atomic E-state index is 11.0. The summed E-state index contributed by atoms with van der Waals surface area (Å²) < 4.78 is 0. The molecule has 2 heteroatoms. The van der Waals surface area contributed by atoms with Gasteiger partial charge in [0.1, 0.15) is 0 Å². The molecule has 0 aliphatic carbocycles. The molecule has 2 nitrogen and oxygen atoms in total. The van der Waals surface area contributed by atoms with Crippen LogP contribution in [-0.2, 0) is 18.6 Å². The first-order chi connectivity index (χ1) is 11.2. The van der Waals surface area contributed by atoms with Gasteiger partial charge in [-0.25, -0.2) is 0 Å². The van der Waals surface area contributed by atoms with Crippen molar-refractivity contribution in [2.75, 3.05) is 13.1 Å². The van der Waals surface area contributed by atoms with Gasteiger partial charge in [0, 0.05) is 19.6 Å². The van der Waals surface area contributed by atoms with Gasteiger partial charge in [-0.1, -0.05) is 67.9 Å². The van der Waals surface area contributed by atoms with Crippen molar-refractivity contribution in [3.63, 3.8) is 0 Å². The average molecular weight is 309 g/mol. The molecule has 1 saturated heterocycles. The van der Waals surface area contributed by atoms with Gasteiger partial charge in [0.2, 0.25) is 0 Å². The molecule has 0 amide bonds. The highest BCUT2D eigenvalue weighted by atomic mass is 16.3. The van der Waals surface area contributed by atoms with Gasteiger partial charge in [-0.3, -0.25) is 4.90 Å². The number of aryl methyl sites for hydroxylation is 1. The van der Waals surface area contributed by atoms with Gasteiger partial charge in [-0.15, -0.1) is 0 Å². The number of rotatable bonds is 5. The first-order valence-corrected chi connectivity index (χ1v) is 8.78. The zero-order chi connectivity index (χ0) is 16.1. The molecule has 2 aromatic carbocycles. The Kier molecular flexibility index (Phi) is 5.14. The van der Waals surface area contributed by atoms with Gasteiger partial charge in [0.05, 0.1) is 5.60 Å². The summed E-state index contributed by atoms with van der Waals surface area (Å²) in [5, 5.41) is 11.0. The second-order valence-electron chi connectivity index (χ2n) is 6.74. The molecule has 0 bridgehead atoms. The van der Waals surface area contributed by atoms with Crippen LogP contribution in [0.2, 0.25) is 0 Å². The minimum atomic E-state index is -0.655. The van der Waals surface area contributed by atoms with Crippen LogP contribution in [0.15, 0.2) is 54.6 Å². The Morgan fingerprint density at radius 1 is 0.913 bits per heavy atom. The number of benzene rings is 2. The summed E-state index contributed by atoms with van der Waals surface area (Å²) in [6, 6.07) is 19.2. The predicted molar refractivity (Wildman–Crippen MR) is 95.3 cm³/mol. The molecule has 1 heterocycles. The monoisotopic (exact) mass is 309 g/mol. The van der Waals surface area contributed by atoms with E-state index in [1.807, 2.05) is 0 Å². The van der Waals surface area contributed by atoms with Gasteiger partial charge >= 0.3 is 0 Å². The lowest BCUT2D eigenvalue weighted by atomic mass is 9.84. The molecule has 1 fully saturated rings. The third-order valence-corrected chi connectivity index (χ3v) is 4.96. The maximum atomic E-state index is 11.0. The van der Waals surface area contributed by atoms with Crippen LogP contribution in [0, 0.1) is 0 Å². The summed E-state index contributed by atoms with van der Waals surface area (Å²) in [6.45, 7) is 5.07. The van der Waals surface area contributed by atoms with Crippen LogP contribution >= 0.6 is 0 Å². The molecule has 1 aliphatic heterocycles. The highest BCUT2D eigenvalue weighted by molar-refractivity contribution is 5.28. The van der Waals surface area contributed by atoms with Gasteiger partial charge in [0.25, 0.3) is 0 Å². The molecule has 122 valence electrons. The van der Waals surface area contributed by atoms with Crippen molar-refractivity contribution in [2.45, 2.75) is 44.8 Å². The largest absolute Gasteiger partial charge is 0.385 e. The normalized spacial score (nSPS) is 18.0. The number of hydrogen-bond acceptors (Lipinski definition) is 2. The molecule has 0 unspecified atom stereocenters. The Bertz CT molecular complexity index is 597. The fraction of sp³-hybridized carbons (Fsp3) is 0.429. The molecule has 1 N–H and O–H groups in total. The standard InChI is InChI=1S/C21H27NO/c1-2-6-18-9-11-20(12-10-18)21(23)13-15-22(16-14-21)17-19-7-4-3-5-8-19/h3-5,7-12,23H,2,6,13-17H2,1H3. The Hall–Kier alpha value is -1.64. The zero-order valence-electron chi connectivity index (χ0n) is 14.0. The van der Waals surface area contributed by atoms with E-state index in [2.05, 4.69) is 66.4 Å². The average Bonchev–Trinajstić information content (AvgIpc) is 2.59. The van der Waals surface area contributed by atoms with E-state index in [9.17, 15) is 5.11 Å². The molecule has 0 radical (unpaired) electrons. The van der Waals surface area contributed by atoms with Crippen LogP contribution in [0.4, 0.5) is 0 Å². The summed E-state index contributed by atoms with van der Waals surface area (Å²) in [4.78, 5) is 2.44. The Balaban J connectivity index is 1.60. The molecule has 1 aliphatic rings. The number of aliphatic hydroxyl groups is 1. The lowest BCUT2D eigenvalue weighted by Crippen LogP contribution is -2.42. The van der Waals surface area contributed by atoms with Crippen molar-refractivity contribution < 1.29 is 5.11 Å². The molecule has 2 aromatic rings. The molecule has 0 atom stereocenters. The van der Waals surface area contributed by atoms with Crippen molar-refractivity contribution in [1.82, 2.24) is 4.90 Å². The van der Waals surface area contributed by atoms with E-state index in [0.717, 1.165) is 50.9 Å². The van der Waals surface area contributed by atoms with Crippen LogP contribution in [0.1, 0.15) is 42.9 Å². The number of nitrogens with zero attached hydrogens (tertiary/aromatic N) is 1. The first-order valence-electron chi connectivity index (χ1n) is 8.78. The second kappa shape index (κ2) is 7.29. The molecular weight excluding hydrogens is 282 g/mol. The molecule has 0 aromatic heterocycles. The lowest BCUT2D eigenvalue weighted by molar-refractivity contribution is -0.0277. The number of hydrogen-bond donors (Lipinski definition) is 1. The van der Waals surface area contributed by atoms with E-state index in [4.69, 9.17) is 0 Å². The third-order valence-electron chi connectivity index (χ3n) is 4.96. The fourth-order valence-corrected chi connectivity index (χ4v) is 3.48. The van der Waals surface area contributed by atoms with Crippen molar-refractivity contribution in [3.8, 4) is 0 Å². The van der Waals surface area contributed by atoms with Crippen molar-refractivity contribution >= 4 is 0 Å². The third kappa shape index (κ3) is 4.01. The highest BCUT2D eigenvalue weighted by Gasteiger charge is 2.33. The zero-order valence-corrected chi connectivity index (χ0v) is 14.0. The van der Waals surface area contributed by atoms with Crippen molar-refractivity contribution in [2.24, 2.45) is 0 Å². The van der Waals surface area contributed by atoms with Gasteiger partial charge in [-0.2, -0.15) is 0 Å². The van der Waals surface area contributed by atoms with Crippen LogP contribution in [-0.4, -0.2) is 23.1 Å². The predicted octanol–water partition coefficient (Wildman–Crippen LogP) is 4.12. The molecule has 23 heavy (non-hydrogen) atoms. The minimum absolute atomic E-state index is 0.655. The fourth-order valence-electron chi connectivity index (χ4n) is 3.48. The smallest absolute Gasteiger partial charge is 0.0920 e. The van der Waals surface area contributed by atoms with E-state index < -0.39 is 5.60 Å². The van der Waals surface area contributed by atoms with E-state index >= 15 is 0 Å². The van der Waals surface area contributed by atoms with E-state index in [1.165, 1.54) is 11.1 Å². The molecule has 3 rings (SSSR count). The van der Waals surface area contributed by atoms with Crippen molar-refractivity contribution in [3.05, 3.63) is 71.3 Å². The summed E-state index contributed by atoms with van der Waals surface area (Å²) in [5.41, 5.74) is 3.14. The number of piperidine rings is 1. The molecule has 0 spiro atoms. The second-order valence-corrected chi connectivity index (χ2v) is 6.74. The van der Waals surface area contributed by atoms with Crippen LogP contribution < -0.4 is 0 Å². The molecular formula is C21H27NO. The minimum Gasteiger partial charge on any atom is -0.385 e. The van der Waals surface area contributed by atoms with E-state index in [-0.39, 0.29) is 0 Å². The Labute approximate surface area is 139 Å². The van der Waals surface area contributed by atoms with Crippen molar-refractivity contribution in [1.29, 1.82) is 0 Å². The maximum Gasteiger partial charge on any atom is 0.0920 e.